The van der Waals surface area contributed by atoms with Crippen molar-refractivity contribution in [2.75, 3.05) is 0 Å². The third-order valence-electron chi connectivity index (χ3n) is 11.0. The molecule has 5 heterocycles. The number of benzene rings is 3. The summed E-state index contributed by atoms with van der Waals surface area (Å²) in [4.78, 5) is 28.8. The number of hydrogen-bond acceptors (Lipinski definition) is 3. The lowest BCUT2D eigenvalue weighted by Gasteiger charge is -2.19. The number of nitrogens with one attached hydrogen (secondary N) is 3. The van der Waals surface area contributed by atoms with Crippen LogP contribution in [-0.4, -0.2) is 24.9 Å². The van der Waals surface area contributed by atoms with E-state index in [1.165, 1.54) is 16.7 Å². The van der Waals surface area contributed by atoms with E-state index in [-0.39, 0.29) is 26.9 Å². The molecule has 3 aromatic carbocycles. The van der Waals surface area contributed by atoms with Gasteiger partial charge in [0.15, 0.2) is 0 Å². The SMILES string of the molecule is CC(C)(C)c1ccc(-c2c3nc(c4cc([N+](=O)[O-])c([nH]4)c(-c4ccc(C(C)(C)C)cc4)c4ccc([nH]4)c(-c4ccc(C(C)(C)C)cc4)c4ccc2[nH]4)C=C3)cc1. The molecule has 0 aliphatic carbocycles. The van der Waals surface area contributed by atoms with Gasteiger partial charge in [-0.1, -0.05) is 135 Å². The lowest BCUT2D eigenvalue weighted by Crippen LogP contribution is -2.10. The molecule has 0 saturated carbocycles. The highest BCUT2D eigenvalue weighted by Crippen LogP contribution is 2.40. The van der Waals surface area contributed by atoms with Crippen LogP contribution in [0.3, 0.4) is 0 Å². The minimum atomic E-state index is -0.307. The summed E-state index contributed by atoms with van der Waals surface area (Å²) in [5.41, 5.74) is 15.0. The Balaban J connectivity index is 1.52. The van der Waals surface area contributed by atoms with Gasteiger partial charge in [0.05, 0.1) is 21.8 Å². The summed E-state index contributed by atoms with van der Waals surface area (Å²) in [6, 6.07) is 35.8. The first-order valence-corrected chi connectivity index (χ1v) is 19.3. The van der Waals surface area contributed by atoms with Gasteiger partial charge in [0.1, 0.15) is 5.52 Å². The monoisotopic (exact) mass is 739 g/mol. The highest BCUT2D eigenvalue weighted by atomic mass is 16.6. The van der Waals surface area contributed by atoms with E-state index < -0.39 is 0 Å². The molecular formula is C49H49N5O2. The molecule has 282 valence electrons. The fraction of sp³-hybridized carbons (Fsp3) is 0.245. The Kier molecular flexibility index (Phi) is 8.68. The second-order valence-corrected chi connectivity index (χ2v) is 18.1. The molecular weight excluding hydrogens is 691 g/mol. The first kappa shape index (κ1) is 36.8. The zero-order valence-electron chi connectivity index (χ0n) is 33.7. The number of H-pyrrole nitrogens is 3. The van der Waals surface area contributed by atoms with Crippen molar-refractivity contribution in [3.8, 4) is 33.4 Å². The van der Waals surface area contributed by atoms with Crippen LogP contribution >= 0.6 is 0 Å². The molecule has 7 aromatic rings. The van der Waals surface area contributed by atoms with Crippen molar-refractivity contribution in [2.45, 2.75) is 78.6 Å². The average Bonchev–Trinajstić information content (AvgIpc) is 3.97. The minimum absolute atomic E-state index is 0.00201. The van der Waals surface area contributed by atoms with Gasteiger partial charge in [0.25, 0.3) is 5.69 Å². The molecule has 3 N–H and O–H groups in total. The van der Waals surface area contributed by atoms with Gasteiger partial charge in [0, 0.05) is 44.8 Å². The van der Waals surface area contributed by atoms with Gasteiger partial charge in [-0.3, -0.25) is 10.1 Å². The number of aromatic amines is 3. The van der Waals surface area contributed by atoms with Gasteiger partial charge < -0.3 is 15.0 Å². The normalized spacial score (nSPS) is 12.8. The summed E-state index contributed by atoms with van der Waals surface area (Å²) in [5, 5.41) is 12.9. The van der Waals surface area contributed by atoms with Crippen LogP contribution in [-0.2, 0) is 16.2 Å². The van der Waals surface area contributed by atoms with E-state index in [0.29, 0.717) is 22.3 Å². The maximum absolute atomic E-state index is 12.9. The van der Waals surface area contributed by atoms with Crippen molar-refractivity contribution in [2.24, 2.45) is 0 Å². The first-order chi connectivity index (χ1) is 26.5. The molecule has 0 atom stereocenters. The van der Waals surface area contributed by atoms with E-state index in [1.807, 2.05) is 18.2 Å². The Morgan fingerprint density at radius 2 is 0.839 bits per heavy atom. The molecule has 0 radical (unpaired) electrons. The van der Waals surface area contributed by atoms with Gasteiger partial charge in [0.2, 0.25) is 0 Å². The van der Waals surface area contributed by atoms with Crippen LogP contribution < -0.4 is 0 Å². The van der Waals surface area contributed by atoms with Crippen LogP contribution in [0.2, 0.25) is 0 Å². The maximum atomic E-state index is 12.9. The smallest absolute Gasteiger partial charge is 0.295 e. The molecule has 0 spiro atoms. The molecule has 7 nitrogen and oxygen atoms in total. The van der Waals surface area contributed by atoms with Crippen LogP contribution in [0.1, 0.15) is 90.4 Å². The Hall–Kier alpha value is -6.21. The topological polar surface area (TPSA) is 103 Å². The molecule has 0 fully saturated rings. The standard InChI is InChI=1S/C49H49N5O2/c1-47(2,3)32-16-10-29(11-17-32)43-36-23-22-35(50-36)41-28-42(54(55)56)46(53-41)45(31-14-20-34(21-15-31)49(7,8)9)40-27-26-39(52-40)44(38-25-24-37(43)51-38)30-12-18-33(19-13-30)48(4,5)6/h10-28,51-53H,1-9H3. The Morgan fingerprint density at radius 3 is 1.27 bits per heavy atom. The molecule has 1 aliphatic rings. The van der Waals surface area contributed by atoms with Crippen molar-refractivity contribution >= 4 is 50.9 Å². The van der Waals surface area contributed by atoms with Crippen molar-refractivity contribution in [3.63, 3.8) is 0 Å². The molecule has 8 rings (SSSR count). The van der Waals surface area contributed by atoms with E-state index in [9.17, 15) is 10.1 Å². The fourth-order valence-corrected chi connectivity index (χ4v) is 7.68. The van der Waals surface area contributed by atoms with Gasteiger partial charge in [-0.2, -0.15) is 0 Å². The average molecular weight is 740 g/mol. The summed E-state index contributed by atoms with van der Waals surface area (Å²) in [5.74, 6) is 0. The van der Waals surface area contributed by atoms with Crippen molar-refractivity contribution in [3.05, 3.63) is 141 Å². The summed E-state index contributed by atoms with van der Waals surface area (Å²) in [6.07, 6.45) is 3.94. The molecule has 7 heteroatoms. The summed E-state index contributed by atoms with van der Waals surface area (Å²) in [7, 11) is 0. The highest BCUT2D eigenvalue weighted by molar-refractivity contribution is 6.02. The Bertz CT molecular complexity index is 2790. The van der Waals surface area contributed by atoms with Crippen LogP contribution in [0.25, 0.3) is 78.6 Å². The second kappa shape index (κ2) is 13.2. The largest absolute Gasteiger partial charge is 0.354 e. The van der Waals surface area contributed by atoms with Gasteiger partial charge in [-0.15, -0.1) is 0 Å². The molecule has 4 aromatic heterocycles. The number of aromatic nitrogens is 4. The zero-order chi connectivity index (χ0) is 39.7. The molecule has 0 unspecified atom stereocenters. The summed E-state index contributed by atoms with van der Waals surface area (Å²) < 4.78 is 0. The molecule has 0 saturated heterocycles. The van der Waals surface area contributed by atoms with Crippen molar-refractivity contribution in [1.82, 2.24) is 19.9 Å². The lowest BCUT2D eigenvalue weighted by molar-refractivity contribution is -0.382. The van der Waals surface area contributed by atoms with E-state index in [2.05, 4.69) is 168 Å². The lowest BCUT2D eigenvalue weighted by atomic mass is 9.86. The number of fused-ring (bicyclic) bond motifs is 9. The molecule has 8 bridgehead atoms. The van der Waals surface area contributed by atoms with Gasteiger partial charge in [-0.05, 0) is 86.0 Å². The number of nitro groups is 1. The highest BCUT2D eigenvalue weighted by Gasteiger charge is 2.23. The summed E-state index contributed by atoms with van der Waals surface area (Å²) >= 11 is 0. The predicted molar refractivity (Wildman–Crippen MR) is 234 cm³/mol. The van der Waals surface area contributed by atoms with Crippen LogP contribution in [0.5, 0.6) is 0 Å². The Labute approximate surface area is 328 Å². The van der Waals surface area contributed by atoms with E-state index in [4.69, 9.17) is 4.98 Å². The number of rotatable bonds is 4. The number of nitrogens with zero attached hydrogens (tertiary/aromatic N) is 2. The molecule has 1 aliphatic heterocycles. The van der Waals surface area contributed by atoms with Crippen LogP contribution in [0, 0.1) is 10.1 Å². The Morgan fingerprint density at radius 1 is 0.464 bits per heavy atom. The second-order valence-electron chi connectivity index (χ2n) is 18.1. The predicted octanol–water partition coefficient (Wildman–Crippen LogP) is 13.5. The van der Waals surface area contributed by atoms with Crippen LogP contribution in [0.15, 0.2) is 103 Å². The van der Waals surface area contributed by atoms with Crippen molar-refractivity contribution in [1.29, 1.82) is 0 Å². The van der Waals surface area contributed by atoms with Gasteiger partial charge in [-0.25, -0.2) is 4.98 Å². The minimum Gasteiger partial charge on any atom is -0.354 e. The third kappa shape index (κ3) is 6.72. The zero-order valence-corrected chi connectivity index (χ0v) is 33.7. The van der Waals surface area contributed by atoms with Crippen molar-refractivity contribution < 1.29 is 4.92 Å². The van der Waals surface area contributed by atoms with E-state index in [1.54, 1.807) is 6.07 Å². The van der Waals surface area contributed by atoms with E-state index in [0.717, 1.165) is 55.6 Å². The third-order valence-corrected chi connectivity index (χ3v) is 11.0. The quantitative estimate of drug-likeness (QED) is 0.124. The van der Waals surface area contributed by atoms with Crippen LogP contribution in [0.4, 0.5) is 5.69 Å². The molecule has 0 amide bonds. The molecule has 56 heavy (non-hydrogen) atoms. The first-order valence-electron chi connectivity index (χ1n) is 19.3. The van der Waals surface area contributed by atoms with Gasteiger partial charge >= 0.3 is 0 Å². The number of hydrogen-bond donors (Lipinski definition) is 3. The van der Waals surface area contributed by atoms with E-state index >= 15 is 0 Å². The maximum Gasteiger partial charge on any atom is 0.295 e. The fourth-order valence-electron chi connectivity index (χ4n) is 7.68. The summed E-state index contributed by atoms with van der Waals surface area (Å²) in [6.45, 7) is 19.9.